The van der Waals surface area contributed by atoms with Crippen LogP contribution >= 0.6 is 0 Å². The highest BCUT2D eigenvalue weighted by Gasteiger charge is 2.30. The largest absolute Gasteiger partial charge is 0.416 e. The van der Waals surface area contributed by atoms with E-state index in [1.54, 1.807) is 30.3 Å². The fraction of sp³-hybridized carbons (Fsp3) is 0.222. The van der Waals surface area contributed by atoms with Crippen LogP contribution in [0.15, 0.2) is 54.6 Å². The van der Waals surface area contributed by atoms with Crippen molar-refractivity contribution in [3.8, 4) is 0 Å². The van der Waals surface area contributed by atoms with E-state index >= 15 is 0 Å². The minimum Gasteiger partial charge on any atom is -0.349 e. The van der Waals surface area contributed by atoms with Gasteiger partial charge >= 0.3 is 6.18 Å². The zero-order valence-electron chi connectivity index (χ0n) is 13.4. The molecular weight excluding hydrogens is 333 g/mol. The van der Waals surface area contributed by atoms with Crippen molar-refractivity contribution in [1.29, 1.82) is 0 Å². The third-order valence-corrected chi connectivity index (χ3v) is 3.44. The predicted molar refractivity (Wildman–Crippen MR) is 87.7 cm³/mol. The summed E-state index contributed by atoms with van der Waals surface area (Å²) < 4.78 is 38.2. The van der Waals surface area contributed by atoms with Crippen LogP contribution < -0.4 is 10.6 Å². The molecule has 2 aromatic carbocycles. The summed E-state index contributed by atoms with van der Waals surface area (Å²) in [6, 6.07) is 12.7. The molecule has 0 heterocycles. The lowest BCUT2D eigenvalue weighted by molar-refractivity contribution is -0.137. The van der Waals surface area contributed by atoms with Gasteiger partial charge < -0.3 is 10.6 Å². The van der Waals surface area contributed by atoms with Crippen molar-refractivity contribution in [3.63, 3.8) is 0 Å². The average molecular weight is 350 g/mol. The molecule has 0 aliphatic carbocycles. The maximum absolute atomic E-state index is 12.7. The number of benzene rings is 2. The van der Waals surface area contributed by atoms with Crippen LogP contribution in [0, 0.1) is 0 Å². The molecule has 7 heteroatoms. The van der Waals surface area contributed by atoms with E-state index in [0.29, 0.717) is 0 Å². The Hall–Kier alpha value is -2.83. The van der Waals surface area contributed by atoms with E-state index in [-0.39, 0.29) is 18.0 Å². The van der Waals surface area contributed by atoms with Crippen LogP contribution in [0.3, 0.4) is 0 Å². The van der Waals surface area contributed by atoms with Crippen LogP contribution in [-0.2, 0) is 15.8 Å². The Morgan fingerprint density at radius 2 is 1.72 bits per heavy atom. The third-order valence-electron chi connectivity index (χ3n) is 3.44. The summed E-state index contributed by atoms with van der Waals surface area (Å²) in [7, 11) is 0. The normalized spacial score (nSPS) is 12.3. The van der Waals surface area contributed by atoms with E-state index < -0.39 is 23.7 Å². The summed E-state index contributed by atoms with van der Waals surface area (Å²) in [6.07, 6.45) is -4.58. The number of hydrogen-bond donors (Lipinski definition) is 2. The molecule has 25 heavy (non-hydrogen) atoms. The van der Waals surface area contributed by atoms with Gasteiger partial charge in [-0.3, -0.25) is 9.59 Å². The van der Waals surface area contributed by atoms with E-state index in [1.165, 1.54) is 19.1 Å². The first-order valence-electron chi connectivity index (χ1n) is 7.55. The van der Waals surface area contributed by atoms with Crippen LogP contribution in [0.5, 0.6) is 0 Å². The Balaban J connectivity index is 2.10. The lowest BCUT2D eigenvalue weighted by Crippen LogP contribution is -2.29. The number of anilines is 1. The van der Waals surface area contributed by atoms with E-state index in [1.807, 2.05) is 0 Å². The molecule has 0 radical (unpaired) electrons. The average Bonchev–Trinajstić information content (AvgIpc) is 2.54. The van der Waals surface area contributed by atoms with E-state index in [9.17, 15) is 22.8 Å². The number of hydrogen-bond acceptors (Lipinski definition) is 2. The van der Waals surface area contributed by atoms with Crippen LogP contribution in [0.4, 0.5) is 18.9 Å². The topological polar surface area (TPSA) is 58.2 Å². The van der Waals surface area contributed by atoms with Gasteiger partial charge in [0.2, 0.25) is 11.8 Å². The van der Waals surface area contributed by atoms with Crippen molar-refractivity contribution in [2.75, 3.05) is 5.32 Å². The molecule has 2 rings (SSSR count). The van der Waals surface area contributed by atoms with Gasteiger partial charge in [0.25, 0.3) is 0 Å². The Bertz CT molecular complexity index is 745. The van der Waals surface area contributed by atoms with Crippen LogP contribution in [0.25, 0.3) is 0 Å². The molecule has 0 saturated heterocycles. The van der Waals surface area contributed by atoms with Gasteiger partial charge in [-0.25, -0.2) is 0 Å². The molecule has 0 saturated carbocycles. The first-order chi connectivity index (χ1) is 11.8. The Kier molecular flexibility index (Phi) is 5.80. The fourth-order valence-corrected chi connectivity index (χ4v) is 2.35. The standard InChI is InChI=1S/C18H17F3N2O2/c1-12(24)22-16(13-6-3-2-4-7-13)11-17(25)23-15-9-5-8-14(10-15)18(19,20)21/h2-10,16H,11H2,1H3,(H,22,24)(H,23,25)/t16-/m1/s1. The van der Waals surface area contributed by atoms with Gasteiger partial charge in [0.15, 0.2) is 0 Å². The van der Waals surface area contributed by atoms with Gasteiger partial charge in [0.05, 0.1) is 18.0 Å². The van der Waals surface area contributed by atoms with Gasteiger partial charge in [0, 0.05) is 12.6 Å². The van der Waals surface area contributed by atoms with E-state index in [4.69, 9.17) is 0 Å². The lowest BCUT2D eigenvalue weighted by Gasteiger charge is -2.18. The highest BCUT2D eigenvalue weighted by atomic mass is 19.4. The van der Waals surface area contributed by atoms with Crippen LogP contribution in [0.2, 0.25) is 0 Å². The molecule has 132 valence electrons. The Morgan fingerprint density at radius 1 is 1.04 bits per heavy atom. The molecule has 0 bridgehead atoms. The monoisotopic (exact) mass is 350 g/mol. The summed E-state index contributed by atoms with van der Waals surface area (Å²) >= 11 is 0. The van der Waals surface area contributed by atoms with Crippen molar-refractivity contribution in [3.05, 3.63) is 65.7 Å². The number of carbonyl (C=O) groups is 2. The van der Waals surface area contributed by atoms with Crippen LogP contribution in [0.1, 0.15) is 30.5 Å². The Labute approximate surface area is 143 Å². The van der Waals surface area contributed by atoms with Gasteiger partial charge in [-0.2, -0.15) is 13.2 Å². The molecular formula is C18H17F3N2O2. The number of amides is 2. The third kappa shape index (κ3) is 5.63. The Morgan fingerprint density at radius 3 is 2.32 bits per heavy atom. The van der Waals surface area contributed by atoms with Crippen molar-refractivity contribution < 1.29 is 22.8 Å². The molecule has 0 spiro atoms. The quantitative estimate of drug-likeness (QED) is 0.859. The predicted octanol–water partition coefficient (Wildman–Crippen LogP) is 3.91. The second kappa shape index (κ2) is 7.83. The number of rotatable bonds is 5. The molecule has 0 aromatic heterocycles. The minimum atomic E-state index is -4.48. The van der Waals surface area contributed by atoms with Crippen molar-refractivity contribution in [2.45, 2.75) is 25.6 Å². The zero-order valence-corrected chi connectivity index (χ0v) is 13.4. The van der Waals surface area contributed by atoms with Crippen molar-refractivity contribution >= 4 is 17.5 Å². The molecule has 1 atom stereocenters. The van der Waals surface area contributed by atoms with E-state index in [2.05, 4.69) is 10.6 Å². The molecule has 2 amide bonds. The molecule has 2 aromatic rings. The van der Waals surface area contributed by atoms with Crippen LogP contribution in [-0.4, -0.2) is 11.8 Å². The molecule has 4 nitrogen and oxygen atoms in total. The second-order valence-corrected chi connectivity index (χ2v) is 5.49. The second-order valence-electron chi connectivity index (χ2n) is 5.49. The SMILES string of the molecule is CC(=O)N[C@H](CC(=O)Nc1cccc(C(F)(F)F)c1)c1ccccc1. The highest BCUT2D eigenvalue weighted by molar-refractivity contribution is 5.91. The van der Waals surface area contributed by atoms with E-state index in [0.717, 1.165) is 17.7 Å². The summed E-state index contributed by atoms with van der Waals surface area (Å²) in [5.41, 5.74) is -0.0573. The maximum atomic E-state index is 12.7. The number of halogens is 3. The minimum absolute atomic E-state index is 0.0504. The van der Waals surface area contributed by atoms with Gasteiger partial charge in [-0.15, -0.1) is 0 Å². The van der Waals surface area contributed by atoms with Crippen molar-refractivity contribution in [1.82, 2.24) is 5.32 Å². The zero-order chi connectivity index (χ0) is 18.4. The van der Waals surface area contributed by atoms with Gasteiger partial charge in [0.1, 0.15) is 0 Å². The summed E-state index contributed by atoms with van der Waals surface area (Å²) in [5.74, 6) is -0.803. The van der Waals surface area contributed by atoms with Gasteiger partial charge in [-0.1, -0.05) is 36.4 Å². The number of alkyl halides is 3. The molecule has 2 N–H and O–H groups in total. The smallest absolute Gasteiger partial charge is 0.349 e. The summed E-state index contributed by atoms with van der Waals surface area (Å²) in [5, 5.41) is 5.11. The lowest BCUT2D eigenvalue weighted by atomic mass is 10.0. The summed E-state index contributed by atoms with van der Waals surface area (Å²) in [4.78, 5) is 23.5. The van der Waals surface area contributed by atoms with Gasteiger partial charge in [-0.05, 0) is 23.8 Å². The molecule has 0 fully saturated rings. The van der Waals surface area contributed by atoms with Crippen molar-refractivity contribution in [2.24, 2.45) is 0 Å². The molecule has 0 unspecified atom stereocenters. The first kappa shape index (κ1) is 18.5. The number of carbonyl (C=O) groups excluding carboxylic acids is 2. The highest BCUT2D eigenvalue weighted by Crippen LogP contribution is 2.30. The maximum Gasteiger partial charge on any atom is 0.416 e. The summed E-state index contributed by atoms with van der Waals surface area (Å²) in [6.45, 7) is 1.33. The molecule has 0 aliphatic rings. The number of nitrogens with one attached hydrogen (secondary N) is 2. The fourth-order valence-electron chi connectivity index (χ4n) is 2.35. The first-order valence-corrected chi connectivity index (χ1v) is 7.55. The molecule has 0 aliphatic heterocycles.